The topological polar surface area (TPSA) is 52.6 Å². The van der Waals surface area contributed by atoms with Crippen LogP contribution in [0.5, 0.6) is 5.75 Å². The summed E-state index contributed by atoms with van der Waals surface area (Å²) in [4.78, 5) is 4.42. The molecule has 0 unspecified atom stereocenters. The summed E-state index contributed by atoms with van der Waals surface area (Å²) in [6.45, 7) is 1.70. The molecule has 0 amide bonds. The first kappa shape index (κ1) is 21.0. The number of hydrogen-bond acceptors (Lipinski definition) is 5. The molecule has 1 fully saturated rings. The first-order valence-corrected chi connectivity index (χ1v) is 10.3. The molecular formula is C23H24ClFN2O3. The highest BCUT2D eigenvalue weighted by atomic mass is 35.5. The Morgan fingerprint density at radius 3 is 2.77 bits per heavy atom. The second kappa shape index (κ2) is 9.71. The smallest absolute Gasteiger partial charge is 0.158 e. The van der Waals surface area contributed by atoms with Crippen molar-refractivity contribution >= 4 is 22.5 Å². The fourth-order valence-electron chi connectivity index (χ4n) is 3.54. The summed E-state index contributed by atoms with van der Waals surface area (Å²) in [5, 5.41) is 4.58. The molecule has 4 rings (SSSR count). The summed E-state index contributed by atoms with van der Waals surface area (Å²) >= 11 is 5.83. The molecule has 2 aromatic carbocycles. The van der Waals surface area contributed by atoms with Crippen LogP contribution in [0.15, 0.2) is 48.7 Å². The molecule has 1 aliphatic heterocycles. The van der Waals surface area contributed by atoms with Crippen molar-refractivity contribution < 1.29 is 18.6 Å². The second-order valence-corrected chi connectivity index (χ2v) is 7.72. The van der Waals surface area contributed by atoms with Gasteiger partial charge >= 0.3 is 0 Å². The molecule has 5 nitrogen and oxygen atoms in total. The van der Waals surface area contributed by atoms with E-state index in [1.54, 1.807) is 19.2 Å². The van der Waals surface area contributed by atoms with Gasteiger partial charge in [-0.3, -0.25) is 4.98 Å². The minimum atomic E-state index is -0.409. The van der Waals surface area contributed by atoms with Gasteiger partial charge in [-0.05, 0) is 53.9 Å². The molecule has 1 aromatic heterocycles. The Labute approximate surface area is 180 Å². The number of pyridine rings is 1. The van der Waals surface area contributed by atoms with Gasteiger partial charge in [0.2, 0.25) is 0 Å². The number of halogens is 2. The van der Waals surface area contributed by atoms with E-state index in [4.69, 9.17) is 25.8 Å². The van der Waals surface area contributed by atoms with Crippen molar-refractivity contribution in [1.82, 2.24) is 10.3 Å². The third-order valence-corrected chi connectivity index (χ3v) is 5.52. The Morgan fingerprint density at radius 2 is 2.00 bits per heavy atom. The Bertz CT molecular complexity index is 1010. The van der Waals surface area contributed by atoms with Gasteiger partial charge < -0.3 is 19.5 Å². The van der Waals surface area contributed by atoms with Crippen LogP contribution in [0.3, 0.4) is 0 Å². The van der Waals surface area contributed by atoms with E-state index in [9.17, 15) is 4.39 Å². The third-order valence-electron chi connectivity index (χ3n) is 5.23. The van der Waals surface area contributed by atoms with Gasteiger partial charge in [0.1, 0.15) is 11.6 Å². The lowest BCUT2D eigenvalue weighted by Gasteiger charge is -2.30. The lowest BCUT2D eigenvalue weighted by Crippen LogP contribution is -2.44. The van der Waals surface area contributed by atoms with Gasteiger partial charge in [-0.15, -0.1) is 0 Å². The summed E-state index contributed by atoms with van der Waals surface area (Å²) in [7, 11) is 1.66. The quantitative estimate of drug-likeness (QED) is 0.598. The lowest BCUT2D eigenvalue weighted by molar-refractivity contribution is -0.192. The zero-order chi connectivity index (χ0) is 20.9. The number of nitrogens with zero attached hydrogens (tertiary/aromatic N) is 1. The molecule has 1 aliphatic rings. The van der Waals surface area contributed by atoms with E-state index in [0.717, 1.165) is 35.1 Å². The van der Waals surface area contributed by atoms with E-state index in [0.29, 0.717) is 19.8 Å². The van der Waals surface area contributed by atoms with Gasteiger partial charge in [0.05, 0.1) is 36.9 Å². The third kappa shape index (κ3) is 5.08. The lowest BCUT2D eigenvalue weighted by atomic mass is 10.0. The summed E-state index contributed by atoms with van der Waals surface area (Å²) in [5.41, 5.74) is 3.06. The Hall–Kier alpha value is -2.25. The first-order valence-electron chi connectivity index (χ1n) is 9.94. The van der Waals surface area contributed by atoms with Crippen molar-refractivity contribution in [2.45, 2.75) is 31.7 Å². The van der Waals surface area contributed by atoms with Gasteiger partial charge in [-0.1, -0.05) is 17.7 Å². The average Bonchev–Trinajstić information content (AvgIpc) is 2.78. The first-order chi connectivity index (χ1) is 14.6. The summed E-state index contributed by atoms with van der Waals surface area (Å²) in [6, 6.07) is 12.7. The van der Waals surface area contributed by atoms with Crippen LogP contribution in [0, 0.1) is 5.82 Å². The fraction of sp³-hybridized carbons (Fsp3) is 0.348. The van der Waals surface area contributed by atoms with Crippen molar-refractivity contribution in [3.63, 3.8) is 0 Å². The predicted molar refractivity (Wildman–Crippen MR) is 114 cm³/mol. The molecule has 0 spiro atoms. The van der Waals surface area contributed by atoms with Crippen LogP contribution in [0.1, 0.15) is 17.5 Å². The van der Waals surface area contributed by atoms with Gasteiger partial charge in [0, 0.05) is 24.5 Å². The molecule has 0 radical (unpaired) electrons. The van der Waals surface area contributed by atoms with Gasteiger partial charge in [0.25, 0.3) is 0 Å². The Kier molecular flexibility index (Phi) is 6.79. The van der Waals surface area contributed by atoms with E-state index in [1.165, 1.54) is 11.6 Å². The number of aromatic nitrogens is 1. The Morgan fingerprint density at radius 1 is 1.17 bits per heavy atom. The summed E-state index contributed by atoms with van der Waals surface area (Å²) in [5.74, 6) is 0.409. The summed E-state index contributed by atoms with van der Waals surface area (Å²) < 4.78 is 30.4. The maximum Gasteiger partial charge on any atom is 0.158 e. The largest absolute Gasteiger partial charge is 0.497 e. The van der Waals surface area contributed by atoms with Gasteiger partial charge in [0.15, 0.2) is 6.29 Å². The number of nitrogens with one attached hydrogen (secondary N) is 1. The molecule has 158 valence electrons. The molecule has 30 heavy (non-hydrogen) atoms. The number of benzene rings is 2. The fourth-order valence-corrected chi connectivity index (χ4v) is 3.74. The highest BCUT2D eigenvalue weighted by Crippen LogP contribution is 2.24. The van der Waals surface area contributed by atoms with Crippen LogP contribution in [-0.4, -0.2) is 37.6 Å². The van der Waals surface area contributed by atoms with Crippen LogP contribution >= 0.6 is 11.6 Å². The maximum atomic E-state index is 13.3. The molecule has 0 aliphatic carbocycles. The van der Waals surface area contributed by atoms with Gasteiger partial charge in [-0.25, -0.2) is 4.39 Å². The zero-order valence-electron chi connectivity index (χ0n) is 16.7. The predicted octanol–water partition coefficient (Wildman–Crippen LogP) is 4.50. The number of fused-ring (bicyclic) bond motifs is 1. The minimum absolute atomic E-state index is 0.0797. The monoisotopic (exact) mass is 430 g/mol. The molecule has 3 aromatic rings. The van der Waals surface area contributed by atoms with Crippen molar-refractivity contribution in [1.29, 1.82) is 0 Å². The average molecular weight is 431 g/mol. The highest BCUT2D eigenvalue weighted by molar-refractivity contribution is 6.30. The van der Waals surface area contributed by atoms with Crippen molar-refractivity contribution in [3.8, 4) is 5.75 Å². The molecule has 0 atom stereocenters. The molecule has 0 saturated carbocycles. The van der Waals surface area contributed by atoms with E-state index < -0.39 is 5.82 Å². The van der Waals surface area contributed by atoms with Crippen molar-refractivity contribution in [2.24, 2.45) is 0 Å². The number of ether oxygens (including phenoxy) is 3. The number of aryl methyl sites for hydroxylation is 1. The van der Waals surface area contributed by atoms with Crippen LogP contribution in [0.25, 0.3) is 10.9 Å². The number of methoxy groups -OCH3 is 1. The van der Waals surface area contributed by atoms with Crippen LogP contribution in [0.2, 0.25) is 5.02 Å². The normalized spacial score (nSPS) is 19.2. The molecule has 2 heterocycles. The second-order valence-electron chi connectivity index (χ2n) is 7.31. The standard InChI is InChI=1S/C23H24ClFN2O3/c1-28-18-4-6-22-19(11-18)16(8-9-26-22)3-7-23-29-13-17(14-30-23)27-12-15-2-5-21(25)20(24)10-15/h2,4-6,8-11,17,23,27H,3,7,12-14H2,1H3. The molecule has 1 N–H and O–H groups in total. The highest BCUT2D eigenvalue weighted by Gasteiger charge is 2.22. The van der Waals surface area contributed by atoms with Crippen LogP contribution in [-0.2, 0) is 22.4 Å². The number of rotatable bonds is 7. The Balaban J connectivity index is 1.27. The summed E-state index contributed by atoms with van der Waals surface area (Å²) in [6.07, 6.45) is 3.17. The van der Waals surface area contributed by atoms with E-state index in [2.05, 4.69) is 10.3 Å². The zero-order valence-corrected chi connectivity index (χ0v) is 17.5. The SMILES string of the molecule is COc1ccc2nccc(CCC3OCC(NCc4ccc(F)c(Cl)c4)CO3)c2c1. The van der Waals surface area contributed by atoms with E-state index in [1.807, 2.05) is 30.5 Å². The molecule has 7 heteroatoms. The van der Waals surface area contributed by atoms with Crippen LogP contribution < -0.4 is 10.1 Å². The van der Waals surface area contributed by atoms with Crippen molar-refractivity contribution in [2.75, 3.05) is 20.3 Å². The van der Waals surface area contributed by atoms with Crippen molar-refractivity contribution in [3.05, 3.63) is 70.6 Å². The van der Waals surface area contributed by atoms with Gasteiger partial charge in [-0.2, -0.15) is 0 Å². The van der Waals surface area contributed by atoms with Crippen LogP contribution in [0.4, 0.5) is 4.39 Å². The molecule has 1 saturated heterocycles. The minimum Gasteiger partial charge on any atom is -0.497 e. The molecule has 0 bridgehead atoms. The maximum absolute atomic E-state index is 13.3. The number of hydrogen-bond donors (Lipinski definition) is 1. The molecular weight excluding hydrogens is 407 g/mol. The van der Waals surface area contributed by atoms with E-state index >= 15 is 0 Å². The van der Waals surface area contributed by atoms with E-state index in [-0.39, 0.29) is 17.4 Å².